The molecule has 2 rings (SSSR count). The van der Waals surface area contributed by atoms with Gasteiger partial charge in [0.1, 0.15) is 17.2 Å². The van der Waals surface area contributed by atoms with Gasteiger partial charge in [-0.3, -0.25) is 14.2 Å². The molecular weight excluding hydrogens is 294 g/mol. The van der Waals surface area contributed by atoms with Gasteiger partial charge in [-0.05, 0) is 18.6 Å². The van der Waals surface area contributed by atoms with E-state index >= 15 is 0 Å². The summed E-state index contributed by atoms with van der Waals surface area (Å²) in [6.45, 7) is 1.50. The normalized spacial score (nSPS) is 10.3. The van der Waals surface area contributed by atoms with E-state index in [0.717, 1.165) is 0 Å². The molecule has 21 heavy (non-hydrogen) atoms. The number of carboxylic acids is 1. The van der Waals surface area contributed by atoms with Gasteiger partial charge in [0, 0.05) is 11.9 Å². The molecule has 0 spiro atoms. The summed E-state index contributed by atoms with van der Waals surface area (Å²) in [5.74, 6) is -1.21. The molecule has 0 atom stereocenters. The summed E-state index contributed by atoms with van der Waals surface area (Å²) >= 11 is 0.634. The number of nitrogens with zero attached hydrogens (tertiary/aromatic N) is 2. The van der Waals surface area contributed by atoms with E-state index in [1.807, 2.05) is 0 Å². The minimum atomic E-state index is -1.15. The van der Waals surface area contributed by atoms with E-state index in [9.17, 15) is 14.4 Å². The first-order valence-electron chi connectivity index (χ1n) is 6.19. The van der Waals surface area contributed by atoms with Gasteiger partial charge in [-0.1, -0.05) is 24.3 Å². The molecule has 2 aromatic heterocycles. The van der Waals surface area contributed by atoms with E-state index < -0.39 is 16.7 Å². The van der Waals surface area contributed by atoms with Gasteiger partial charge in [0.15, 0.2) is 0 Å². The minimum Gasteiger partial charge on any atom is -0.477 e. The van der Waals surface area contributed by atoms with Crippen LogP contribution >= 0.6 is 11.3 Å². The van der Waals surface area contributed by atoms with Crippen molar-refractivity contribution in [3.63, 3.8) is 0 Å². The fourth-order valence-electron chi connectivity index (χ4n) is 1.88. The highest BCUT2D eigenvalue weighted by molar-refractivity contribution is 7.11. The Morgan fingerprint density at radius 2 is 2.19 bits per heavy atom. The Morgan fingerprint density at radius 1 is 1.43 bits per heavy atom. The molecule has 2 aromatic rings. The average molecular weight is 307 g/mol. The molecule has 8 heteroatoms. The quantitative estimate of drug-likeness (QED) is 0.864. The van der Waals surface area contributed by atoms with Crippen molar-refractivity contribution in [2.24, 2.45) is 0 Å². The maximum absolute atomic E-state index is 11.9. The number of anilines is 1. The second-order valence-corrected chi connectivity index (χ2v) is 5.11. The summed E-state index contributed by atoms with van der Waals surface area (Å²) in [7, 11) is 0. The van der Waals surface area contributed by atoms with Crippen molar-refractivity contribution in [2.45, 2.75) is 19.9 Å². The fraction of sp³-hybridized carbons (Fsp3) is 0.231. The molecule has 0 fully saturated rings. The van der Waals surface area contributed by atoms with E-state index in [1.54, 1.807) is 25.1 Å². The van der Waals surface area contributed by atoms with Gasteiger partial charge in [-0.15, -0.1) is 0 Å². The average Bonchev–Trinajstić information content (AvgIpc) is 2.76. The number of rotatable bonds is 5. The summed E-state index contributed by atoms with van der Waals surface area (Å²) in [5.41, 5.74) is 0.355. The van der Waals surface area contributed by atoms with Crippen molar-refractivity contribution in [1.29, 1.82) is 0 Å². The van der Waals surface area contributed by atoms with Gasteiger partial charge in [0.2, 0.25) is 5.91 Å². The van der Waals surface area contributed by atoms with Gasteiger partial charge < -0.3 is 10.4 Å². The third-order valence-electron chi connectivity index (χ3n) is 2.76. The molecule has 0 aliphatic carbocycles. The zero-order valence-electron chi connectivity index (χ0n) is 11.2. The lowest BCUT2D eigenvalue weighted by atomic mass is 10.3. The smallest absolute Gasteiger partial charge is 0.347 e. The maximum Gasteiger partial charge on any atom is 0.347 e. The van der Waals surface area contributed by atoms with Crippen molar-refractivity contribution < 1.29 is 14.7 Å². The lowest BCUT2D eigenvalue weighted by molar-refractivity contribution is -0.116. The van der Waals surface area contributed by atoms with E-state index in [0.29, 0.717) is 29.3 Å². The van der Waals surface area contributed by atoms with E-state index in [4.69, 9.17) is 5.11 Å². The molecule has 0 aliphatic heterocycles. The van der Waals surface area contributed by atoms with Crippen LogP contribution < -0.4 is 10.2 Å². The largest absolute Gasteiger partial charge is 0.477 e. The summed E-state index contributed by atoms with van der Waals surface area (Å²) in [4.78, 5) is 38.3. The van der Waals surface area contributed by atoms with Crippen LogP contribution in [0.15, 0.2) is 29.2 Å². The van der Waals surface area contributed by atoms with Crippen molar-refractivity contribution in [1.82, 2.24) is 9.55 Å². The minimum absolute atomic E-state index is 0.0202. The maximum atomic E-state index is 11.9. The SMILES string of the molecule is CCc1c(C(=O)O)sc(=O)n1CC(=O)Nc1ccccn1. The molecule has 0 unspecified atom stereocenters. The number of carbonyl (C=O) groups is 2. The highest BCUT2D eigenvalue weighted by Crippen LogP contribution is 2.14. The predicted octanol–water partition coefficient (Wildman–Crippen LogP) is 1.20. The highest BCUT2D eigenvalue weighted by Gasteiger charge is 2.20. The molecule has 2 heterocycles. The van der Waals surface area contributed by atoms with Crippen LogP contribution in [-0.4, -0.2) is 26.5 Å². The third kappa shape index (κ3) is 3.34. The number of pyridine rings is 1. The van der Waals surface area contributed by atoms with Crippen LogP contribution in [0, 0.1) is 0 Å². The van der Waals surface area contributed by atoms with Gasteiger partial charge >= 0.3 is 10.8 Å². The molecule has 0 radical (unpaired) electrons. The Hall–Kier alpha value is -2.48. The second kappa shape index (κ2) is 6.31. The lowest BCUT2D eigenvalue weighted by Crippen LogP contribution is -2.26. The third-order valence-corrected chi connectivity index (χ3v) is 3.77. The fourth-order valence-corrected chi connectivity index (χ4v) is 2.79. The molecule has 2 N–H and O–H groups in total. The zero-order chi connectivity index (χ0) is 15.4. The number of aromatic carboxylic acids is 1. The summed E-state index contributed by atoms with van der Waals surface area (Å²) < 4.78 is 1.19. The van der Waals surface area contributed by atoms with Crippen LogP contribution in [0.5, 0.6) is 0 Å². The number of carbonyl (C=O) groups excluding carboxylic acids is 1. The predicted molar refractivity (Wildman–Crippen MR) is 77.8 cm³/mol. The number of hydrogen-bond donors (Lipinski definition) is 2. The Labute approximate surface area is 123 Å². The first-order chi connectivity index (χ1) is 10.0. The van der Waals surface area contributed by atoms with Gasteiger partial charge in [0.05, 0.1) is 0 Å². The van der Waals surface area contributed by atoms with Gasteiger partial charge in [0.25, 0.3) is 0 Å². The van der Waals surface area contributed by atoms with Crippen LogP contribution in [0.2, 0.25) is 0 Å². The topological polar surface area (TPSA) is 101 Å². The molecule has 0 bridgehead atoms. The number of aromatic nitrogens is 2. The van der Waals surface area contributed by atoms with Crippen LogP contribution in [0.3, 0.4) is 0 Å². The Balaban J connectivity index is 2.21. The Morgan fingerprint density at radius 3 is 2.76 bits per heavy atom. The lowest BCUT2D eigenvalue weighted by Gasteiger charge is -2.07. The van der Waals surface area contributed by atoms with E-state index in [2.05, 4.69) is 10.3 Å². The number of carboxylic acid groups (broad SMARTS) is 1. The van der Waals surface area contributed by atoms with Crippen LogP contribution in [0.25, 0.3) is 0 Å². The molecular formula is C13H13N3O4S. The molecule has 110 valence electrons. The number of hydrogen-bond acceptors (Lipinski definition) is 5. The van der Waals surface area contributed by atoms with E-state index in [-0.39, 0.29) is 11.4 Å². The molecule has 0 aromatic carbocycles. The van der Waals surface area contributed by atoms with Gasteiger partial charge in [-0.2, -0.15) is 0 Å². The Kier molecular flexibility index (Phi) is 4.49. The number of nitrogens with one attached hydrogen (secondary N) is 1. The molecule has 0 saturated carbocycles. The molecule has 1 amide bonds. The summed E-state index contributed by atoms with van der Waals surface area (Å²) in [6.07, 6.45) is 1.89. The van der Waals surface area contributed by atoms with Crippen LogP contribution in [0.4, 0.5) is 5.82 Å². The standard InChI is InChI=1S/C13H13N3O4S/c1-2-8-11(12(18)19)21-13(20)16(8)7-10(17)15-9-5-3-4-6-14-9/h3-6H,2,7H2,1H3,(H,18,19)(H,14,15,17). The van der Waals surface area contributed by atoms with Crippen molar-refractivity contribution >= 4 is 29.0 Å². The molecule has 0 aliphatic rings. The van der Waals surface area contributed by atoms with E-state index in [1.165, 1.54) is 10.8 Å². The second-order valence-electron chi connectivity index (χ2n) is 4.15. The number of amides is 1. The summed E-state index contributed by atoms with van der Waals surface area (Å²) in [6, 6.07) is 5.06. The monoisotopic (exact) mass is 307 g/mol. The van der Waals surface area contributed by atoms with Crippen molar-refractivity contribution in [2.75, 3.05) is 5.32 Å². The first-order valence-corrected chi connectivity index (χ1v) is 7.01. The van der Waals surface area contributed by atoms with Crippen LogP contribution in [0.1, 0.15) is 22.3 Å². The molecule has 7 nitrogen and oxygen atoms in total. The number of thiazole rings is 1. The van der Waals surface area contributed by atoms with Crippen molar-refractivity contribution in [3.05, 3.63) is 44.6 Å². The molecule has 0 saturated heterocycles. The summed E-state index contributed by atoms with van der Waals surface area (Å²) in [5, 5.41) is 11.6. The first kappa shape index (κ1) is 14.9. The highest BCUT2D eigenvalue weighted by atomic mass is 32.1. The zero-order valence-corrected chi connectivity index (χ0v) is 12.0. The van der Waals surface area contributed by atoms with Crippen LogP contribution in [-0.2, 0) is 17.8 Å². The Bertz CT molecular complexity index is 721. The van der Waals surface area contributed by atoms with Gasteiger partial charge in [-0.25, -0.2) is 9.78 Å². The van der Waals surface area contributed by atoms with Crippen molar-refractivity contribution in [3.8, 4) is 0 Å².